The molecule has 0 aliphatic rings. The minimum absolute atomic E-state index is 0.432. The lowest BCUT2D eigenvalue weighted by Crippen LogP contribution is -2.19. The summed E-state index contributed by atoms with van der Waals surface area (Å²) in [4.78, 5) is 13.7. The molecule has 2 rings (SSSR count). The summed E-state index contributed by atoms with van der Waals surface area (Å²) in [6.07, 6.45) is 0. The fraction of sp³-hybridized carbons (Fsp3) is 0.400. The predicted molar refractivity (Wildman–Crippen MR) is 80.3 cm³/mol. The van der Waals surface area contributed by atoms with Crippen LogP contribution in [0, 0.1) is 6.92 Å². The van der Waals surface area contributed by atoms with Crippen molar-refractivity contribution in [3.8, 4) is 5.75 Å². The molecule has 0 radical (unpaired) electrons. The monoisotopic (exact) mass is 275 g/mol. The molecule has 1 amide bonds. The standard InChI is InChI=1S/C15H21N3O2/c1-10-14(20-4)13-11(15(16)19)6-5-7-12(13)18(10)9-8-17(2)3/h5-7H,8-9H2,1-4H3,(H2,16,19). The Bertz CT molecular complexity index is 644. The molecule has 108 valence electrons. The Kier molecular flexibility index (Phi) is 3.99. The summed E-state index contributed by atoms with van der Waals surface area (Å²) in [6, 6.07) is 5.59. The summed E-state index contributed by atoms with van der Waals surface area (Å²) in [5, 5.41) is 0.804. The van der Waals surface area contributed by atoms with Crippen LogP contribution in [0.2, 0.25) is 0 Å². The van der Waals surface area contributed by atoms with E-state index >= 15 is 0 Å². The number of nitrogens with zero attached hydrogens (tertiary/aromatic N) is 2. The summed E-state index contributed by atoms with van der Waals surface area (Å²) in [7, 11) is 5.69. The van der Waals surface area contributed by atoms with Crippen LogP contribution in [0.1, 0.15) is 16.1 Å². The van der Waals surface area contributed by atoms with Gasteiger partial charge in [-0.3, -0.25) is 4.79 Å². The minimum atomic E-state index is -0.432. The van der Waals surface area contributed by atoms with Gasteiger partial charge in [-0.05, 0) is 33.2 Å². The number of carbonyl (C=O) groups excluding carboxylic acids is 1. The van der Waals surface area contributed by atoms with Crippen molar-refractivity contribution in [2.24, 2.45) is 5.73 Å². The molecule has 0 spiro atoms. The van der Waals surface area contributed by atoms with Gasteiger partial charge in [0.1, 0.15) is 5.75 Å². The molecule has 0 bridgehead atoms. The highest BCUT2D eigenvalue weighted by atomic mass is 16.5. The van der Waals surface area contributed by atoms with E-state index in [9.17, 15) is 4.79 Å². The van der Waals surface area contributed by atoms with Crippen molar-refractivity contribution in [1.29, 1.82) is 0 Å². The summed E-state index contributed by atoms with van der Waals surface area (Å²) in [5.74, 6) is 0.298. The number of hydrogen-bond acceptors (Lipinski definition) is 3. The highest BCUT2D eigenvalue weighted by molar-refractivity contribution is 6.08. The van der Waals surface area contributed by atoms with Gasteiger partial charge < -0.3 is 19.9 Å². The van der Waals surface area contributed by atoms with E-state index in [-0.39, 0.29) is 0 Å². The van der Waals surface area contributed by atoms with Crippen LogP contribution in [0.3, 0.4) is 0 Å². The fourth-order valence-corrected chi connectivity index (χ4v) is 2.53. The molecule has 0 atom stereocenters. The lowest BCUT2D eigenvalue weighted by molar-refractivity contribution is 0.100. The van der Waals surface area contributed by atoms with E-state index in [2.05, 4.69) is 9.47 Å². The van der Waals surface area contributed by atoms with Gasteiger partial charge in [0.2, 0.25) is 5.91 Å². The number of fused-ring (bicyclic) bond motifs is 1. The van der Waals surface area contributed by atoms with E-state index in [1.54, 1.807) is 13.2 Å². The number of ether oxygens (including phenoxy) is 1. The predicted octanol–water partition coefficient (Wildman–Crippen LogP) is 1.62. The third-order valence-electron chi connectivity index (χ3n) is 3.53. The molecule has 0 unspecified atom stereocenters. The Labute approximate surface area is 118 Å². The topological polar surface area (TPSA) is 60.5 Å². The van der Waals surface area contributed by atoms with Crippen LogP contribution in [0.15, 0.2) is 18.2 Å². The first kappa shape index (κ1) is 14.4. The molecule has 0 fully saturated rings. The second kappa shape index (κ2) is 5.54. The van der Waals surface area contributed by atoms with Crippen molar-refractivity contribution in [2.75, 3.05) is 27.7 Å². The Hall–Kier alpha value is -2.01. The normalized spacial score (nSPS) is 11.2. The molecular formula is C15H21N3O2. The second-order valence-corrected chi connectivity index (χ2v) is 5.14. The van der Waals surface area contributed by atoms with Crippen molar-refractivity contribution in [2.45, 2.75) is 13.5 Å². The maximum absolute atomic E-state index is 11.6. The average Bonchev–Trinajstić information content (AvgIpc) is 2.67. The first-order valence-corrected chi connectivity index (χ1v) is 6.57. The van der Waals surface area contributed by atoms with E-state index < -0.39 is 5.91 Å². The molecule has 1 aromatic carbocycles. The maximum Gasteiger partial charge on any atom is 0.249 e. The van der Waals surface area contributed by atoms with Gasteiger partial charge in [-0.25, -0.2) is 0 Å². The summed E-state index contributed by atoms with van der Waals surface area (Å²) in [5.41, 5.74) is 7.97. The number of likely N-dealkylation sites (N-methyl/N-ethyl adjacent to an activating group) is 1. The van der Waals surface area contributed by atoms with E-state index in [1.807, 2.05) is 33.2 Å². The number of primary amides is 1. The van der Waals surface area contributed by atoms with Gasteiger partial charge in [0.25, 0.3) is 0 Å². The quantitative estimate of drug-likeness (QED) is 0.902. The second-order valence-electron chi connectivity index (χ2n) is 5.14. The summed E-state index contributed by atoms with van der Waals surface area (Å²) in [6.45, 7) is 3.74. The van der Waals surface area contributed by atoms with Crippen molar-refractivity contribution in [3.05, 3.63) is 29.5 Å². The molecule has 1 heterocycles. The number of rotatable bonds is 5. The lowest BCUT2D eigenvalue weighted by Gasteiger charge is -2.13. The van der Waals surface area contributed by atoms with Crippen molar-refractivity contribution < 1.29 is 9.53 Å². The van der Waals surface area contributed by atoms with Crippen LogP contribution in [0.25, 0.3) is 10.9 Å². The summed E-state index contributed by atoms with van der Waals surface area (Å²) < 4.78 is 7.66. The Morgan fingerprint density at radius 1 is 1.40 bits per heavy atom. The number of methoxy groups -OCH3 is 1. The molecular weight excluding hydrogens is 254 g/mol. The largest absolute Gasteiger partial charge is 0.494 e. The number of aromatic nitrogens is 1. The van der Waals surface area contributed by atoms with E-state index in [1.165, 1.54) is 0 Å². The molecule has 0 aliphatic heterocycles. The maximum atomic E-state index is 11.6. The van der Waals surface area contributed by atoms with Gasteiger partial charge in [0.15, 0.2) is 0 Å². The third kappa shape index (κ3) is 2.36. The molecule has 0 saturated carbocycles. The molecule has 2 aromatic rings. The fourth-order valence-electron chi connectivity index (χ4n) is 2.53. The number of benzene rings is 1. The first-order valence-electron chi connectivity index (χ1n) is 6.57. The lowest BCUT2D eigenvalue weighted by atomic mass is 10.1. The van der Waals surface area contributed by atoms with Gasteiger partial charge in [-0.2, -0.15) is 0 Å². The van der Waals surface area contributed by atoms with Crippen molar-refractivity contribution in [3.63, 3.8) is 0 Å². The van der Waals surface area contributed by atoms with Gasteiger partial charge >= 0.3 is 0 Å². The van der Waals surface area contributed by atoms with Crippen molar-refractivity contribution >= 4 is 16.8 Å². The number of carbonyl (C=O) groups is 1. The average molecular weight is 275 g/mol. The number of hydrogen-bond donors (Lipinski definition) is 1. The van der Waals surface area contributed by atoms with E-state index in [4.69, 9.17) is 10.5 Å². The smallest absolute Gasteiger partial charge is 0.249 e. The number of nitrogens with two attached hydrogens (primary N) is 1. The van der Waals surface area contributed by atoms with Crippen LogP contribution < -0.4 is 10.5 Å². The Morgan fingerprint density at radius 3 is 2.65 bits per heavy atom. The van der Waals surface area contributed by atoms with Gasteiger partial charge in [-0.15, -0.1) is 0 Å². The zero-order chi connectivity index (χ0) is 14.9. The molecule has 5 nitrogen and oxygen atoms in total. The van der Waals surface area contributed by atoms with E-state index in [0.29, 0.717) is 5.56 Å². The molecule has 5 heteroatoms. The Balaban J connectivity index is 2.67. The summed E-state index contributed by atoms with van der Waals surface area (Å²) >= 11 is 0. The van der Waals surface area contributed by atoms with Crippen LogP contribution in [-0.2, 0) is 6.54 Å². The number of amides is 1. The van der Waals surface area contributed by atoms with Gasteiger partial charge in [0.05, 0.1) is 29.3 Å². The molecule has 0 saturated heterocycles. The highest BCUT2D eigenvalue weighted by Crippen LogP contribution is 2.35. The SMILES string of the molecule is COc1c(C)n(CCN(C)C)c2cccc(C(N)=O)c12. The van der Waals surface area contributed by atoms with Crippen LogP contribution in [-0.4, -0.2) is 43.1 Å². The molecule has 20 heavy (non-hydrogen) atoms. The Morgan fingerprint density at radius 2 is 2.10 bits per heavy atom. The van der Waals surface area contributed by atoms with Crippen LogP contribution >= 0.6 is 0 Å². The molecule has 0 aliphatic carbocycles. The van der Waals surface area contributed by atoms with E-state index in [0.717, 1.165) is 35.4 Å². The van der Waals surface area contributed by atoms with Gasteiger partial charge in [-0.1, -0.05) is 6.07 Å². The van der Waals surface area contributed by atoms with Crippen molar-refractivity contribution in [1.82, 2.24) is 9.47 Å². The van der Waals surface area contributed by atoms with Crippen LogP contribution in [0.4, 0.5) is 0 Å². The zero-order valence-corrected chi connectivity index (χ0v) is 12.4. The molecule has 1 aromatic heterocycles. The highest BCUT2D eigenvalue weighted by Gasteiger charge is 2.19. The zero-order valence-electron chi connectivity index (χ0n) is 12.4. The van der Waals surface area contributed by atoms with Gasteiger partial charge in [0, 0.05) is 13.1 Å². The minimum Gasteiger partial charge on any atom is -0.494 e. The third-order valence-corrected chi connectivity index (χ3v) is 3.53. The molecule has 2 N–H and O–H groups in total. The van der Waals surface area contributed by atoms with Crippen LogP contribution in [0.5, 0.6) is 5.75 Å². The first-order chi connectivity index (χ1) is 9.47.